The van der Waals surface area contributed by atoms with Crippen LogP contribution in [0.5, 0.6) is 0 Å². The van der Waals surface area contributed by atoms with Crippen LogP contribution in [-0.4, -0.2) is 32.8 Å². The van der Waals surface area contributed by atoms with E-state index in [-0.39, 0.29) is 17.7 Å². The molecule has 1 amide bonds. The smallest absolute Gasteiger partial charge is 0.411 e. The zero-order valence-electron chi connectivity index (χ0n) is 22.9. The van der Waals surface area contributed by atoms with Crippen LogP contribution in [0, 0.1) is 5.92 Å². The summed E-state index contributed by atoms with van der Waals surface area (Å²) in [5, 5.41) is 10.4. The first-order valence-corrected chi connectivity index (χ1v) is 14.3. The quantitative estimate of drug-likeness (QED) is 0.341. The monoisotopic (exact) mass is 526 g/mol. The summed E-state index contributed by atoms with van der Waals surface area (Å²) in [6.45, 7) is 4.20. The molecule has 3 aliphatic rings. The number of amides is 1. The molecule has 204 valence electrons. The topological polar surface area (TPSA) is 71.8 Å². The Hall–Kier alpha value is -3.38. The van der Waals surface area contributed by atoms with E-state index < -0.39 is 11.2 Å². The minimum Gasteiger partial charge on any atom is -0.438 e. The van der Waals surface area contributed by atoms with Crippen LogP contribution in [0.15, 0.2) is 77.7 Å². The standard InChI is InChI=1S/C33H38N2O4/c1-32(2,38)17-18-33(27-6-4-3-5-7-27)19-21-35(31(37)39-33)30(25-12-13-25)24-10-8-23(9-11-24)26-16-20-34(28-14-15-28)29(36)22-26/h3-11,16,20,22,25,28,30,38H,12-15,17-19,21H2,1-2H3/t30-,33-/m1/s1. The predicted molar refractivity (Wildman–Crippen MR) is 151 cm³/mol. The SMILES string of the molecule is CC(C)(O)CC[C@]1(c2ccccc2)CCN([C@H](c2ccc(-c3ccn(C4CC4)c(=O)c3)cc2)C2CC2)C(=O)O1. The third kappa shape index (κ3) is 5.53. The minimum absolute atomic E-state index is 0.0301. The van der Waals surface area contributed by atoms with Crippen LogP contribution in [0.25, 0.3) is 11.1 Å². The molecular weight excluding hydrogens is 488 g/mol. The van der Waals surface area contributed by atoms with Crippen LogP contribution in [0.1, 0.15) is 82.0 Å². The van der Waals surface area contributed by atoms with Gasteiger partial charge in [0.05, 0.1) is 11.6 Å². The normalized spacial score (nSPS) is 22.4. The lowest BCUT2D eigenvalue weighted by Crippen LogP contribution is -2.50. The Labute approximate surface area is 230 Å². The minimum atomic E-state index is -0.840. The molecule has 1 aromatic heterocycles. The fourth-order valence-electron chi connectivity index (χ4n) is 6.01. The Bertz CT molecular complexity index is 1380. The lowest BCUT2D eigenvalue weighted by Gasteiger charge is -2.45. The molecule has 3 aromatic rings. The van der Waals surface area contributed by atoms with E-state index in [0.29, 0.717) is 37.8 Å². The van der Waals surface area contributed by atoms with Gasteiger partial charge in [-0.05, 0) is 86.6 Å². The number of carbonyl (C=O) groups is 1. The largest absolute Gasteiger partial charge is 0.438 e. The van der Waals surface area contributed by atoms with Crippen LogP contribution in [0.3, 0.4) is 0 Å². The van der Waals surface area contributed by atoms with E-state index in [1.807, 2.05) is 52.1 Å². The molecule has 6 nitrogen and oxygen atoms in total. The second-order valence-corrected chi connectivity index (χ2v) is 12.3. The van der Waals surface area contributed by atoms with Crippen LogP contribution >= 0.6 is 0 Å². The molecule has 2 atom stereocenters. The summed E-state index contributed by atoms with van der Waals surface area (Å²) in [4.78, 5) is 28.1. The number of benzene rings is 2. The van der Waals surface area contributed by atoms with Crippen LogP contribution < -0.4 is 5.56 Å². The number of cyclic esters (lactones) is 1. The van der Waals surface area contributed by atoms with Crippen molar-refractivity contribution < 1.29 is 14.6 Å². The Kier molecular flexibility index (Phi) is 6.62. The molecular formula is C33H38N2O4. The summed E-state index contributed by atoms with van der Waals surface area (Å²) in [5.41, 5.74) is 2.48. The van der Waals surface area contributed by atoms with Crippen LogP contribution in [0.4, 0.5) is 4.79 Å². The number of hydrogen-bond donors (Lipinski definition) is 1. The maximum atomic E-state index is 13.7. The number of nitrogens with zero attached hydrogens (tertiary/aromatic N) is 2. The second-order valence-electron chi connectivity index (χ2n) is 12.3. The number of carbonyl (C=O) groups excluding carboxylic acids is 1. The zero-order valence-corrected chi connectivity index (χ0v) is 22.9. The Morgan fingerprint density at radius 1 is 0.974 bits per heavy atom. The Morgan fingerprint density at radius 2 is 1.69 bits per heavy atom. The lowest BCUT2D eigenvalue weighted by atomic mass is 9.81. The maximum Gasteiger partial charge on any atom is 0.411 e. The highest BCUT2D eigenvalue weighted by Crippen LogP contribution is 2.48. The van der Waals surface area contributed by atoms with Gasteiger partial charge in [0, 0.05) is 31.3 Å². The predicted octanol–water partition coefficient (Wildman–Crippen LogP) is 6.59. The van der Waals surface area contributed by atoms with Crippen molar-refractivity contribution >= 4 is 6.09 Å². The maximum absolute atomic E-state index is 13.7. The molecule has 2 aliphatic carbocycles. The molecule has 2 aromatic carbocycles. The van der Waals surface area contributed by atoms with Crippen molar-refractivity contribution in [2.75, 3.05) is 6.54 Å². The molecule has 6 heteroatoms. The number of aromatic nitrogens is 1. The molecule has 39 heavy (non-hydrogen) atoms. The molecule has 2 heterocycles. The van der Waals surface area contributed by atoms with E-state index in [2.05, 4.69) is 24.3 Å². The third-order valence-corrected chi connectivity index (χ3v) is 8.59. The molecule has 0 radical (unpaired) electrons. The van der Waals surface area contributed by atoms with Gasteiger partial charge < -0.3 is 19.3 Å². The zero-order chi connectivity index (χ0) is 27.2. The first-order chi connectivity index (χ1) is 18.7. The van der Waals surface area contributed by atoms with Gasteiger partial charge in [0.2, 0.25) is 0 Å². The van der Waals surface area contributed by atoms with Crippen molar-refractivity contribution in [2.45, 2.75) is 82.1 Å². The molecule has 1 aliphatic heterocycles. The van der Waals surface area contributed by atoms with Gasteiger partial charge in [-0.1, -0.05) is 54.6 Å². The van der Waals surface area contributed by atoms with Crippen LogP contribution in [0.2, 0.25) is 0 Å². The number of rotatable bonds is 9. The Balaban J connectivity index is 1.23. The molecule has 0 spiro atoms. The highest BCUT2D eigenvalue weighted by molar-refractivity contribution is 5.71. The molecule has 2 saturated carbocycles. The average molecular weight is 527 g/mol. The van der Waals surface area contributed by atoms with Gasteiger partial charge in [0.25, 0.3) is 5.56 Å². The van der Waals surface area contributed by atoms with E-state index in [4.69, 9.17) is 4.74 Å². The van der Waals surface area contributed by atoms with Gasteiger partial charge in [-0.3, -0.25) is 4.79 Å². The first-order valence-electron chi connectivity index (χ1n) is 14.3. The van der Waals surface area contributed by atoms with Crippen molar-refractivity contribution in [1.29, 1.82) is 0 Å². The van der Waals surface area contributed by atoms with Gasteiger partial charge in [-0.15, -0.1) is 0 Å². The third-order valence-electron chi connectivity index (χ3n) is 8.59. The first kappa shape index (κ1) is 25.9. The number of pyridine rings is 1. The number of hydrogen-bond acceptors (Lipinski definition) is 4. The fraction of sp³-hybridized carbons (Fsp3) is 0.455. The molecule has 1 saturated heterocycles. The average Bonchev–Trinajstić information content (AvgIpc) is 3.84. The summed E-state index contributed by atoms with van der Waals surface area (Å²) in [6.07, 6.45) is 7.77. The van der Waals surface area contributed by atoms with Gasteiger partial charge in [-0.25, -0.2) is 4.79 Å². The van der Waals surface area contributed by atoms with Gasteiger partial charge in [0.15, 0.2) is 0 Å². The fourth-order valence-corrected chi connectivity index (χ4v) is 6.01. The lowest BCUT2D eigenvalue weighted by molar-refractivity contribution is -0.0795. The summed E-state index contributed by atoms with van der Waals surface area (Å²) in [6, 6.07) is 22.4. The van der Waals surface area contributed by atoms with E-state index in [0.717, 1.165) is 47.9 Å². The molecule has 1 N–H and O–H groups in total. The van der Waals surface area contributed by atoms with Gasteiger partial charge >= 0.3 is 6.09 Å². The Morgan fingerprint density at radius 3 is 2.28 bits per heavy atom. The molecule has 0 unspecified atom stereocenters. The van der Waals surface area contributed by atoms with Crippen molar-refractivity contribution in [3.8, 4) is 11.1 Å². The number of ether oxygens (including phenoxy) is 1. The van der Waals surface area contributed by atoms with Gasteiger partial charge in [0.1, 0.15) is 5.60 Å². The van der Waals surface area contributed by atoms with Crippen molar-refractivity contribution in [2.24, 2.45) is 5.92 Å². The number of aliphatic hydroxyl groups is 1. The van der Waals surface area contributed by atoms with Crippen molar-refractivity contribution in [3.63, 3.8) is 0 Å². The molecule has 3 fully saturated rings. The summed E-state index contributed by atoms with van der Waals surface area (Å²) in [7, 11) is 0. The van der Waals surface area contributed by atoms with E-state index >= 15 is 0 Å². The molecule has 6 rings (SSSR count). The summed E-state index contributed by atoms with van der Waals surface area (Å²) >= 11 is 0. The summed E-state index contributed by atoms with van der Waals surface area (Å²) in [5.74, 6) is 0.423. The summed E-state index contributed by atoms with van der Waals surface area (Å²) < 4.78 is 8.16. The highest BCUT2D eigenvalue weighted by Gasteiger charge is 2.47. The van der Waals surface area contributed by atoms with E-state index in [9.17, 15) is 14.7 Å². The van der Waals surface area contributed by atoms with Gasteiger partial charge in [-0.2, -0.15) is 0 Å². The van der Waals surface area contributed by atoms with E-state index in [1.54, 1.807) is 19.9 Å². The van der Waals surface area contributed by atoms with Crippen LogP contribution in [-0.2, 0) is 10.3 Å². The van der Waals surface area contributed by atoms with E-state index in [1.165, 1.54) is 0 Å². The van der Waals surface area contributed by atoms with Crippen molar-refractivity contribution in [3.05, 3.63) is 94.4 Å². The molecule has 0 bridgehead atoms. The second kappa shape index (κ2) is 9.98. The van der Waals surface area contributed by atoms with Crippen molar-refractivity contribution in [1.82, 2.24) is 9.47 Å². The highest BCUT2D eigenvalue weighted by atomic mass is 16.6.